The third-order valence-electron chi connectivity index (χ3n) is 4.13. The molecule has 3 rings (SSSR count). The van der Waals surface area contributed by atoms with Gasteiger partial charge < -0.3 is 14.2 Å². The molecule has 1 atom stereocenters. The van der Waals surface area contributed by atoms with Crippen LogP contribution in [0.25, 0.3) is 0 Å². The predicted octanol–water partition coefficient (Wildman–Crippen LogP) is 2.53. The molecule has 2 aromatic carbocycles. The Bertz CT molecular complexity index is 1020. The lowest BCUT2D eigenvalue weighted by Gasteiger charge is -2.27. The molecular weight excluding hydrogens is 402 g/mol. The first kappa shape index (κ1) is 20.6. The van der Waals surface area contributed by atoms with Crippen molar-refractivity contribution in [2.45, 2.75) is 17.9 Å². The maximum absolute atomic E-state index is 12.3. The van der Waals surface area contributed by atoms with Gasteiger partial charge in [-0.15, -0.1) is 0 Å². The standard InChI is InChI=1S/C19H19NO8S/c1-12-3-5-14(6-4-12)29(23,24)27-11-13-10-26-17-8-7-16(20-19(22)25-2)15(9-21)18(17)28-13/h3-9,13H,10-11H2,1-2H3,(H,20,22). The third-order valence-corrected chi connectivity index (χ3v) is 5.42. The van der Waals surface area contributed by atoms with E-state index < -0.39 is 22.3 Å². The molecule has 1 aliphatic heterocycles. The van der Waals surface area contributed by atoms with Crippen LogP contribution in [0, 0.1) is 6.92 Å². The highest BCUT2D eigenvalue weighted by atomic mass is 32.2. The topological polar surface area (TPSA) is 117 Å². The molecule has 1 amide bonds. The Morgan fingerprint density at radius 3 is 2.62 bits per heavy atom. The molecule has 0 saturated heterocycles. The van der Waals surface area contributed by atoms with Gasteiger partial charge in [-0.05, 0) is 31.2 Å². The van der Waals surface area contributed by atoms with Gasteiger partial charge in [0.25, 0.3) is 10.1 Å². The van der Waals surface area contributed by atoms with Crippen LogP contribution >= 0.6 is 0 Å². The fourth-order valence-electron chi connectivity index (χ4n) is 2.61. The number of nitrogens with one attached hydrogen (secondary N) is 1. The second kappa shape index (κ2) is 8.50. The van der Waals surface area contributed by atoms with E-state index in [1.54, 1.807) is 12.1 Å². The molecule has 0 spiro atoms. The number of hydrogen-bond acceptors (Lipinski definition) is 8. The zero-order valence-corrected chi connectivity index (χ0v) is 16.5. The number of anilines is 1. The SMILES string of the molecule is COC(=O)Nc1ccc2c(c1C=O)OC(COS(=O)(=O)c1ccc(C)cc1)CO2. The molecule has 2 aromatic rings. The first-order valence-electron chi connectivity index (χ1n) is 8.56. The van der Waals surface area contributed by atoms with E-state index in [4.69, 9.17) is 13.7 Å². The molecule has 1 N–H and O–H groups in total. The summed E-state index contributed by atoms with van der Waals surface area (Å²) >= 11 is 0. The summed E-state index contributed by atoms with van der Waals surface area (Å²) in [6, 6.07) is 9.23. The normalized spacial score (nSPS) is 15.4. The molecule has 1 heterocycles. The van der Waals surface area contributed by atoms with Crippen molar-refractivity contribution in [3.8, 4) is 11.5 Å². The zero-order chi connectivity index (χ0) is 21.0. The number of aryl methyl sites for hydroxylation is 1. The largest absolute Gasteiger partial charge is 0.486 e. The number of fused-ring (bicyclic) bond motifs is 1. The smallest absolute Gasteiger partial charge is 0.411 e. The van der Waals surface area contributed by atoms with Crippen LogP contribution in [0.15, 0.2) is 41.3 Å². The van der Waals surface area contributed by atoms with E-state index in [0.29, 0.717) is 12.0 Å². The Labute approximate surface area is 167 Å². The van der Waals surface area contributed by atoms with Gasteiger partial charge in [-0.1, -0.05) is 17.7 Å². The molecule has 1 aliphatic rings. The maximum Gasteiger partial charge on any atom is 0.411 e. The van der Waals surface area contributed by atoms with Gasteiger partial charge >= 0.3 is 6.09 Å². The van der Waals surface area contributed by atoms with E-state index in [9.17, 15) is 18.0 Å². The van der Waals surface area contributed by atoms with Crippen LogP contribution in [0.2, 0.25) is 0 Å². The van der Waals surface area contributed by atoms with Gasteiger partial charge in [0.05, 0.1) is 23.3 Å². The Morgan fingerprint density at radius 1 is 1.24 bits per heavy atom. The van der Waals surface area contributed by atoms with Crippen LogP contribution in [0.3, 0.4) is 0 Å². The fourth-order valence-corrected chi connectivity index (χ4v) is 3.54. The van der Waals surface area contributed by atoms with E-state index in [-0.39, 0.29) is 35.1 Å². The monoisotopic (exact) mass is 421 g/mol. The first-order chi connectivity index (χ1) is 13.8. The molecule has 9 nitrogen and oxygen atoms in total. The number of hydrogen-bond donors (Lipinski definition) is 1. The van der Waals surface area contributed by atoms with Crippen molar-refractivity contribution in [2.75, 3.05) is 25.6 Å². The van der Waals surface area contributed by atoms with Crippen molar-refractivity contribution in [2.24, 2.45) is 0 Å². The molecule has 29 heavy (non-hydrogen) atoms. The molecule has 10 heteroatoms. The maximum atomic E-state index is 12.3. The number of amides is 1. The molecular formula is C19H19NO8S. The number of benzene rings is 2. The second-order valence-corrected chi connectivity index (χ2v) is 7.81. The molecule has 1 unspecified atom stereocenters. The number of ether oxygens (including phenoxy) is 3. The summed E-state index contributed by atoms with van der Waals surface area (Å²) in [5.74, 6) is 0.377. The first-order valence-corrected chi connectivity index (χ1v) is 9.97. The third kappa shape index (κ3) is 4.66. The lowest BCUT2D eigenvalue weighted by Crippen LogP contribution is -2.35. The quantitative estimate of drug-likeness (QED) is 0.559. The van der Waals surface area contributed by atoms with Gasteiger partial charge in [-0.25, -0.2) is 4.79 Å². The van der Waals surface area contributed by atoms with Gasteiger partial charge in [0.2, 0.25) is 0 Å². The predicted molar refractivity (Wildman–Crippen MR) is 102 cm³/mol. The minimum atomic E-state index is -3.98. The zero-order valence-electron chi connectivity index (χ0n) is 15.7. The second-order valence-electron chi connectivity index (χ2n) is 6.19. The Morgan fingerprint density at radius 2 is 1.97 bits per heavy atom. The van der Waals surface area contributed by atoms with Crippen molar-refractivity contribution in [3.05, 3.63) is 47.5 Å². The molecule has 0 aromatic heterocycles. The highest BCUT2D eigenvalue weighted by Crippen LogP contribution is 2.38. The van der Waals surface area contributed by atoms with Crippen LogP contribution < -0.4 is 14.8 Å². The molecule has 0 fully saturated rings. The van der Waals surface area contributed by atoms with Gasteiger partial charge in [0.15, 0.2) is 23.9 Å². The number of aldehydes is 1. The van der Waals surface area contributed by atoms with Crippen LogP contribution in [-0.2, 0) is 19.0 Å². The van der Waals surface area contributed by atoms with Crippen molar-refractivity contribution in [3.63, 3.8) is 0 Å². The average molecular weight is 421 g/mol. The van der Waals surface area contributed by atoms with Crippen LogP contribution in [0.4, 0.5) is 10.5 Å². The Balaban J connectivity index is 1.74. The molecule has 0 radical (unpaired) electrons. The highest BCUT2D eigenvalue weighted by molar-refractivity contribution is 7.86. The van der Waals surface area contributed by atoms with Crippen molar-refractivity contribution in [1.29, 1.82) is 0 Å². The molecule has 0 bridgehead atoms. The van der Waals surface area contributed by atoms with Crippen molar-refractivity contribution < 1.29 is 36.4 Å². The summed E-state index contributed by atoms with van der Waals surface area (Å²) in [5, 5.41) is 2.40. The van der Waals surface area contributed by atoms with Crippen molar-refractivity contribution in [1.82, 2.24) is 0 Å². The lowest BCUT2D eigenvalue weighted by molar-refractivity contribution is 0.0545. The number of methoxy groups -OCH3 is 1. The molecule has 0 saturated carbocycles. The summed E-state index contributed by atoms with van der Waals surface area (Å²) in [6.07, 6.45) is -1.04. The Kier molecular flexibility index (Phi) is 6.04. The van der Waals surface area contributed by atoms with Gasteiger partial charge in [-0.3, -0.25) is 14.3 Å². The van der Waals surface area contributed by atoms with Gasteiger partial charge in [-0.2, -0.15) is 8.42 Å². The fraction of sp³-hybridized carbons (Fsp3) is 0.263. The van der Waals surface area contributed by atoms with E-state index in [0.717, 1.165) is 5.56 Å². The average Bonchev–Trinajstić information content (AvgIpc) is 2.72. The summed E-state index contributed by atoms with van der Waals surface area (Å²) < 4.78 is 45.5. The summed E-state index contributed by atoms with van der Waals surface area (Å²) in [4.78, 5) is 23.0. The number of carbonyl (C=O) groups excluding carboxylic acids is 2. The summed E-state index contributed by atoms with van der Waals surface area (Å²) in [7, 11) is -2.79. The van der Waals surface area contributed by atoms with Gasteiger partial charge in [0.1, 0.15) is 13.2 Å². The van der Waals surface area contributed by atoms with Crippen LogP contribution in [0.5, 0.6) is 11.5 Å². The minimum Gasteiger partial charge on any atom is -0.486 e. The van der Waals surface area contributed by atoms with E-state index in [1.807, 2.05) is 6.92 Å². The molecule has 0 aliphatic carbocycles. The van der Waals surface area contributed by atoms with Crippen molar-refractivity contribution >= 4 is 28.2 Å². The molecule has 154 valence electrons. The number of rotatable bonds is 6. The van der Waals surface area contributed by atoms with Gasteiger partial charge in [0, 0.05) is 0 Å². The van der Waals surface area contributed by atoms with Crippen LogP contribution in [-0.4, -0.2) is 47.2 Å². The number of carbonyl (C=O) groups is 2. The lowest BCUT2D eigenvalue weighted by atomic mass is 10.1. The Hall–Kier alpha value is -3.11. The summed E-state index contributed by atoms with van der Waals surface area (Å²) in [6.45, 7) is 1.55. The van der Waals surface area contributed by atoms with E-state index in [2.05, 4.69) is 10.1 Å². The minimum absolute atomic E-state index is 0.0263. The van der Waals surface area contributed by atoms with Crippen LogP contribution in [0.1, 0.15) is 15.9 Å². The summed E-state index contributed by atoms with van der Waals surface area (Å²) in [5.41, 5.74) is 1.13. The van der Waals surface area contributed by atoms with E-state index >= 15 is 0 Å². The van der Waals surface area contributed by atoms with E-state index in [1.165, 1.54) is 31.4 Å². The highest BCUT2D eigenvalue weighted by Gasteiger charge is 2.28.